The Balaban J connectivity index is 1.74. The number of allylic oxidation sites excluding steroid dienone is 1. The van der Waals surface area contributed by atoms with Crippen molar-refractivity contribution in [1.29, 1.82) is 5.26 Å². The SMILES string of the molecule is N#CCN1C[C@H]2CC(c3ccc(Cl)nc3)=C[C@H]2C1. The van der Waals surface area contributed by atoms with Crippen LogP contribution in [0.15, 0.2) is 24.4 Å². The van der Waals surface area contributed by atoms with E-state index in [2.05, 4.69) is 22.0 Å². The van der Waals surface area contributed by atoms with Crippen LogP contribution in [0.1, 0.15) is 12.0 Å². The molecule has 0 saturated carbocycles. The van der Waals surface area contributed by atoms with E-state index in [0.29, 0.717) is 23.5 Å². The smallest absolute Gasteiger partial charge is 0.129 e. The molecule has 0 amide bonds. The summed E-state index contributed by atoms with van der Waals surface area (Å²) >= 11 is 5.80. The quantitative estimate of drug-likeness (QED) is 0.605. The summed E-state index contributed by atoms with van der Waals surface area (Å²) in [4.78, 5) is 6.37. The predicted molar refractivity (Wildman–Crippen MR) is 70.9 cm³/mol. The molecular weight excluding hydrogens is 246 g/mol. The van der Waals surface area contributed by atoms with Crippen molar-refractivity contribution in [2.45, 2.75) is 6.42 Å². The lowest BCUT2D eigenvalue weighted by atomic mass is 9.99. The van der Waals surface area contributed by atoms with Gasteiger partial charge in [0.2, 0.25) is 0 Å². The van der Waals surface area contributed by atoms with E-state index in [1.807, 2.05) is 18.3 Å². The number of rotatable bonds is 2. The number of fused-ring (bicyclic) bond motifs is 1. The van der Waals surface area contributed by atoms with Crippen LogP contribution in [0, 0.1) is 23.2 Å². The van der Waals surface area contributed by atoms with Gasteiger partial charge in [-0.2, -0.15) is 5.26 Å². The summed E-state index contributed by atoms with van der Waals surface area (Å²) in [6, 6.07) is 6.11. The van der Waals surface area contributed by atoms with E-state index < -0.39 is 0 Å². The van der Waals surface area contributed by atoms with Crippen molar-refractivity contribution >= 4 is 17.2 Å². The number of hydrogen-bond donors (Lipinski definition) is 0. The Kier molecular flexibility index (Phi) is 3.07. The Morgan fingerprint density at radius 3 is 3.00 bits per heavy atom. The molecule has 1 saturated heterocycles. The van der Waals surface area contributed by atoms with Gasteiger partial charge in [-0.1, -0.05) is 23.7 Å². The van der Waals surface area contributed by atoms with Crippen molar-refractivity contribution < 1.29 is 0 Å². The van der Waals surface area contributed by atoms with E-state index in [9.17, 15) is 0 Å². The molecule has 2 atom stereocenters. The monoisotopic (exact) mass is 259 g/mol. The van der Waals surface area contributed by atoms with Gasteiger partial charge < -0.3 is 0 Å². The molecule has 3 nitrogen and oxygen atoms in total. The maximum atomic E-state index is 8.72. The van der Waals surface area contributed by atoms with Gasteiger partial charge in [-0.15, -0.1) is 0 Å². The summed E-state index contributed by atoms with van der Waals surface area (Å²) in [5.41, 5.74) is 2.56. The van der Waals surface area contributed by atoms with Crippen LogP contribution in [-0.4, -0.2) is 29.5 Å². The molecular formula is C14H14ClN3. The first-order valence-corrected chi connectivity index (χ1v) is 6.56. The highest BCUT2D eigenvalue weighted by Crippen LogP contribution is 2.40. The second kappa shape index (κ2) is 4.72. The van der Waals surface area contributed by atoms with Gasteiger partial charge in [-0.3, -0.25) is 4.90 Å². The van der Waals surface area contributed by atoms with Crippen LogP contribution in [0.2, 0.25) is 5.15 Å². The van der Waals surface area contributed by atoms with Gasteiger partial charge >= 0.3 is 0 Å². The summed E-state index contributed by atoms with van der Waals surface area (Å²) < 4.78 is 0. The lowest BCUT2D eigenvalue weighted by Gasteiger charge is -2.12. The van der Waals surface area contributed by atoms with Gasteiger partial charge in [0.15, 0.2) is 0 Å². The average molecular weight is 260 g/mol. The predicted octanol–water partition coefficient (Wildman–Crippen LogP) is 2.59. The largest absolute Gasteiger partial charge is 0.290 e. The molecule has 3 rings (SSSR count). The molecule has 2 heterocycles. The minimum absolute atomic E-state index is 0.540. The Bertz CT molecular complexity index is 515. The van der Waals surface area contributed by atoms with Crippen molar-refractivity contribution in [2.24, 2.45) is 11.8 Å². The normalized spacial score (nSPS) is 26.8. The zero-order chi connectivity index (χ0) is 12.5. The van der Waals surface area contributed by atoms with E-state index in [1.165, 1.54) is 11.1 Å². The highest BCUT2D eigenvalue weighted by Gasteiger charge is 2.36. The molecule has 0 bridgehead atoms. The molecule has 1 aliphatic heterocycles. The van der Waals surface area contributed by atoms with Crippen molar-refractivity contribution in [2.75, 3.05) is 19.6 Å². The van der Waals surface area contributed by atoms with E-state index in [4.69, 9.17) is 16.9 Å². The van der Waals surface area contributed by atoms with Gasteiger partial charge in [-0.05, 0) is 35.5 Å². The first kappa shape index (κ1) is 11.7. The highest BCUT2D eigenvalue weighted by molar-refractivity contribution is 6.29. The van der Waals surface area contributed by atoms with Crippen LogP contribution in [0.5, 0.6) is 0 Å². The van der Waals surface area contributed by atoms with Gasteiger partial charge in [0.25, 0.3) is 0 Å². The summed E-state index contributed by atoms with van der Waals surface area (Å²) in [6.07, 6.45) is 5.30. The summed E-state index contributed by atoms with van der Waals surface area (Å²) in [6.45, 7) is 2.61. The fraction of sp³-hybridized carbons (Fsp3) is 0.429. The molecule has 0 unspecified atom stereocenters. The van der Waals surface area contributed by atoms with Crippen LogP contribution in [0.3, 0.4) is 0 Å². The molecule has 0 radical (unpaired) electrons. The van der Waals surface area contributed by atoms with Crippen LogP contribution in [-0.2, 0) is 0 Å². The average Bonchev–Trinajstić information content (AvgIpc) is 2.88. The molecule has 1 aromatic heterocycles. The third-order valence-electron chi connectivity index (χ3n) is 3.86. The molecule has 0 spiro atoms. The topological polar surface area (TPSA) is 39.9 Å². The van der Waals surface area contributed by atoms with E-state index in [0.717, 1.165) is 19.5 Å². The zero-order valence-corrected chi connectivity index (χ0v) is 10.8. The van der Waals surface area contributed by atoms with Gasteiger partial charge in [0.05, 0.1) is 12.6 Å². The number of halogens is 1. The number of likely N-dealkylation sites (tertiary alicyclic amines) is 1. The van der Waals surface area contributed by atoms with Crippen molar-refractivity contribution in [3.8, 4) is 6.07 Å². The van der Waals surface area contributed by atoms with Crippen molar-refractivity contribution in [3.05, 3.63) is 35.1 Å². The minimum atomic E-state index is 0.540. The van der Waals surface area contributed by atoms with Crippen molar-refractivity contribution in [3.63, 3.8) is 0 Å². The van der Waals surface area contributed by atoms with Crippen LogP contribution in [0.4, 0.5) is 0 Å². The number of pyridine rings is 1. The number of nitrogens with zero attached hydrogens (tertiary/aromatic N) is 3. The van der Waals surface area contributed by atoms with E-state index in [-0.39, 0.29) is 0 Å². The number of aromatic nitrogens is 1. The molecule has 1 aliphatic carbocycles. The van der Waals surface area contributed by atoms with Crippen molar-refractivity contribution in [1.82, 2.24) is 9.88 Å². The molecule has 1 fully saturated rings. The lowest BCUT2D eigenvalue weighted by Crippen LogP contribution is -2.21. The number of nitriles is 1. The summed E-state index contributed by atoms with van der Waals surface area (Å²) in [7, 11) is 0. The molecule has 4 heteroatoms. The summed E-state index contributed by atoms with van der Waals surface area (Å²) in [5.74, 6) is 1.27. The molecule has 92 valence electrons. The van der Waals surface area contributed by atoms with Crippen LogP contribution < -0.4 is 0 Å². The van der Waals surface area contributed by atoms with Crippen LogP contribution in [0.25, 0.3) is 5.57 Å². The fourth-order valence-electron chi connectivity index (χ4n) is 3.01. The third kappa shape index (κ3) is 2.14. The highest BCUT2D eigenvalue weighted by atomic mass is 35.5. The van der Waals surface area contributed by atoms with Gasteiger partial charge in [0, 0.05) is 19.3 Å². The first-order valence-electron chi connectivity index (χ1n) is 6.18. The van der Waals surface area contributed by atoms with Gasteiger partial charge in [-0.25, -0.2) is 4.98 Å². The first-order chi connectivity index (χ1) is 8.76. The maximum absolute atomic E-state index is 8.72. The molecule has 18 heavy (non-hydrogen) atoms. The molecule has 2 aliphatic rings. The minimum Gasteiger partial charge on any atom is -0.290 e. The summed E-state index contributed by atoms with van der Waals surface area (Å²) in [5, 5.41) is 9.26. The van der Waals surface area contributed by atoms with E-state index in [1.54, 1.807) is 0 Å². The Labute approximate surface area is 112 Å². The third-order valence-corrected chi connectivity index (χ3v) is 4.08. The maximum Gasteiger partial charge on any atom is 0.129 e. The Morgan fingerprint density at radius 1 is 1.44 bits per heavy atom. The number of hydrogen-bond acceptors (Lipinski definition) is 3. The standard InChI is InChI=1S/C14H14ClN3/c15-14-2-1-10(7-17-14)11-5-12-8-18(4-3-16)9-13(12)6-11/h1-2,5,7,12-13H,4,6,8-9H2/t12-,13+/m0/s1. The molecule has 1 aromatic rings. The van der Waals surface area contributed by atoms with E-state index >= 15 is 0 Å². The Morgan fingerprint density at radius 2 is 2.33 bits per heavy atom. The molecule has 0 N–H and O–H groups in total. The second-order valence-electron chi connectivity index (χ2n) is 5.04. The lowest BCUT2D eigenvalue weighted by molar-refractivity contribution is 0.362. The zero-order valence-electron chi connectivity index (χ0n) is 10.0. The van der Waals surface area contributed by atoms with Gasteiger partial charge in [0.1, 0.15) is 5.15 Å². The Hall–Kier alpha value is -1.37. The van der Waals surface area contributed by atoms with Crippen LogP contribution >= 0.6 is 11.6 Å². The molecule has 0 aromatic carbocycles. The second-order valence-corrected chi connectivity index (χ2v) is 5.43. The fourth-order valence-corrected chi connectivity index (χ4v) is 3.12.